The number of fused-ring (bicyclic) bond motifs is 5. The zero-order chi connectivity index (χ0) is 12.1. The fourth-order valence-corrected chi connectivity index (χ4v) is 2.26. The summed E-state index contributed by atoms with van der Waals surface area (Å²) in [5.74, 6) is 0. The van der Waals surface area contributed by atoms with Gasteiger partial charge in [-0.25, -0.2) is 9.78 Å². The predicted molar refractivity (Wildman–Crippen MR) is 68.7 cm³/mol. The van der Waals surface area contributed by atoms with Gasteiger partial charge in [-0.2, -0.15) is 0 Å². The monoisotopic (exact) mass is 236 g/mol. The summed E-state index contributed by atoms with van der Waals surface area (Å²) in [5.41, 5.74) is 1.65. The Labute approximate surface area is 101 Å². The number of nitrogens with zero attached hydrogens (tertiary/aromatic N) is 2. The van der Waals surface area contributed by atoms with Crippen molar-refractivity contribution in [3.05, 3.63) is 59.1 Å². The average molecular weight is 236 g/mol. The van der Waals surface area contributed by atoms with Gasteiger partial charge in [0.05, 0.1) is 5.39 Å². The molecule has 86 valence electrons. The molecule has 0 spiro atoms. The van der Waals surface area contributed by atoms with Crippen molar-refractivity contribution >= 4 is 27.6 Å². The maximum Gasteiger partial charge on any atom is 0.345 e. The molecule has 4 rings (SSSR count). The summed E-state index contributed by atoms with van der Waals surface area (Å²) in [6, 6.07) is 13.0. The lowest BCUT2D eigenvalue weighted by molar-refractivity contribution is 0.555. The second kappa shape index (κ2) is 3.20. The van der Waals surface area contributed by atoms with Gasteiger partial charge in [0.25, 0.3) is 0 Å². The van der Waals surface area contributed by atoms with Gasteiger partial charge in [0.15, 0.2) is 0 Å². The predicted octanol–water partition coefficient (Wildman–Crippen LogP) is 2.59. The molecule has 0 unspecified atom stereocenters. The third kappa shape index (κ3) is 1.09. The molecular weight excluding hydrogens is 228 g/mol. The van der Waals surface area contributed by atoms with Gasteiger partial charge in [0.1, 0.15) is 11.2 Å². The Morgan fingerprint density at radius 3 is 2.67 bits per heavy atom. The number of rotatable bonds is 0. The highest BCUT2D eigenvalue weighted by atomic mass is 16.4. The Hall–Kier alpha value is -2.62. The molecule has 0 saturated carbocycles. The number of hydrogen-bond acceptors (Lipinski definition) is 3. The zero-order valence-electron chi connectivity index (χ0n) is 9.33. The first-order valence-electron chi connectivity index (χ1n) is 5.63. The molecule has 4 heteroatoms. The first kappa shape index (κ1) is 9.41. The van der Waals surface area contributed by atoms with E-state index in [4.69, 9.17) is 4.42 Å². The molecule has 1 aromatic carbocycles. The summed E-state index contributed by atoms with van der Waals surface area (Å²) in [5, 5.41) is 1.39. The van der Waals surface area contributed by atoms with Gasteiger partial charge in [0.2, 0.25) is 5.71 Å². The summed E-state index contributed by atoms with van der Waals surface area (Å²) >= 11 is 0. The zero-order valence-corrected chi connectivity index (χ0v) is 9.33. The van der Waals surface area contributed by atoms with E-state index in [9.17, 15) is 4.79 Å². The fourth-order valence-electron chi connectivity index (χ4n) is 2.26. The maximum absolute atomic E-state index is 11.9. The van der Waals surface area contributed by atoms with E-state index in [0.29, 0.717) is 11.1 Å². The van der Waals surface area contributed by atoms with Gasteiger partial charge in [0, 0.05) is 11.6 Å². The third-order valence-corrected chi connectivity index (χ3v) is 3.08. The van der Waals surface area contributed by atoms with Gasteiger partial charge in [-0.05, 0) is 18.2 Å². The van der Waals surface area contributed by atoms with E-state index in [0.717, 1.165) is 16.6 Å². The molecule has 3 aromatic heterocycles. The molecule has 0 saturated heterocycles. The normalized spacial score (nSPS) is 11.6. The Bertz CT molecular complexity index is 950. The van der Waals surface area contributed by atoms with Crippen LogP contribution in [0.15, 0.2) is 57.9 Å². The lowest BCUT2D eigenvalue weighted by Gasteiger charge is -1.96. The minimum atomic E-state index is -0.330. The second-order valence-corrected chi connectivity index (χ2v) is 4.13. The number of pyridine rings is 1. The van der Waals surface area contributed by atoms with Crippen LogP contribution in [0.5, 0.6) is 0 Å². The molecule has 0 aliphatic carbocycles. The van der Waals surface area contributed by atoms with Gasteiger partial charge in [-0.15, -0.1) is 0 Å². The van der Waals surface area contributed by atoms with Crippen LogP contribution < -0.4 is 5.63 Å². The Morgan fingerprint density at radius 1 is 1.00 bits per heavy atom. The summed E-state index contributed by atoms with van der Waals surface area (Å²) in [6.45, 7) is 0. The van der Waals surface area contributed by atoms with Gasteiger partial charge >= 0.3 is 5.63 Å². The molecule has 0 radical (unpaired) electrons. The fraction of sp³-hybridized carbons (Fsp3) is 0. The van der Waals surface area contributed by atoms with Crippen molar-refractivity contribution in [2.24, 2.45) is 0 Å². The first-order valence-corrected chi connectivity index (χ1v) is 5.63. The highest BCUT2D eigenvalue weighted by Gasteiger charge is 2.12. The molecule has 3 heterocycles. The quantitative estimate of drug-likeness (QED) is 0.471. The number of hydrogen-bond donors (Lipinski definition) is 0. The molecule has 4 aromatic rings. The van der Waals surface area contributed by atoms with Crippen molar-refractivity contribution in [2.75, 3.05) is 0 Å². The molecule has 0 fully saturated rings. The molecule has 0 N–H and O–H groups in total. The highest BCUT2D eigenvalue weighted by molar-refractivity contribution is 6.02. The van der Waals surface area contributed by atoms with Crippen LogP contribution in [-0.4, -0.2) is 9.38 Å². The SMILES string of the molecule is O=c1oc2c(nc3ccccn32)c2ccccc12. The van der Waals surface area contributed by atoms with Crippen molar-refractivity contribution in [1.29, 1.82) is 0 Å². The Morgan fingerprint density at radius 2 is 1.78 bits per heavy atom. The van der Waals surface area contributed by atoms with Gasteiger partial charge < -0.3 is 4.42 Å². The van der Waals surface area contributed by atoms with Gasteiger partial charge in [-0.1, -0.05) is 24.3 Å². The molecular formula is C14H8N2O2. The van der Waals surface area contributed by atoms with Crippen LogP contribution in [0.2, 0.25) is 0 Å². The Balaban J connectivity index is 2.40. The summed E-state index contributed by atoms with van der Waals surface area (Å²) in [4.78, 5) is 16.4. The molecule has 0 aliphatic rings. The minimum absolute atomic E-state index is 0.330. The van der Waals surface area contributed by atoms with E-state index in [2.05, 4.69) is 4.98 Å². The summed E-state index contributed by atoms with van der Waals surface area (Å²) < 4.78 is 7.15. The number of aromatic nitrogens is 2. The van der Waals surface area contributed by atoms with E-state index >= 15 is 0 Å². The van der Waals surface area contributed by atoms with Crippen LogP contribution in [0.25, 0.3) is 27.6 Å². The van der Waals surface area contributed by atoms with Crippen molar-refractivity contribution in [3.8, 4) is 0 Å². The molecule has 0 bridgehead atoms. The molecule has 0 aliphatic heterocycles. The smallest absolute Gasteiger partial charge is 0.345 e. The topological polar surface area (TPSA) is 47.5 Å². The minimum Gasteiger partial charge on any atom is -0.403 e. The van der Waals surface area contributed by atoms with Crippen molar-refractivity contribution < 1.29 is 4.42 Å². The number of imidazole rings is 1. The summed E-state index contributed by atoms with van der Waals surface area (Å²) in [6.07, 6.45) is 1.84. The van der Waals surface area contributed by atoms with Crippen molar-refractivity contribution in [3.63, 3.8) is 0 Å². The largest absolute Gasteiger partial charge is 0.403 e. The summed E-state index contributed by atoms with van der Waals surface area (Å²) in [7, 11) is 0. The van der Waals surface area contributed by atoms with E-state index < -0.39 is 0 Å². The second-order valence-electron chi connectivity index (χ2n) is 4.13. The lowest BCUT2D eigenvalue weighted by atomic mass is 10.2. The van der Waals surface area contributed by atoms with Crippen LogP contribution in [0.1, 0.15) is 0 Å². The molecule has 0 atom stereocenters. The van der Waals surface area contributed by atoms with Crippen LogP contribution in [-0.2, 0) is 0 Å². The average Bonchev–Trinajstić information content (AvgIpc) is 2.78. The lowest BCUT2D eigenvalue weighted by Crippen LogP contribution is -1.99. The van der Waals surface area contributed by atoms with Gasteiger partial charge in [-0.3, -0.25) is 4.40 Å². The van der Waals surface area contributed by atoms with Crippen LogP contribution in [0.3, 0.4) is 0 Å². The van der Waals surface area contributed by atoms with Crippen LogP contribution in [0, 0.1) is 0 Å². The van der Waals surface area contributed by atoms with Crippen LogP contribution >= 0.6 is 0 Å². The highest BCUT2D eigenvalue weighted by Crippen LogP contribution is 2.22. The van der Waals surface area contributed by atoms with Crippen molar-refractivity contribution in [1.82, 2.24) is 9.38 Å². The first-order chi connectivity index (χ1) is 8.84. The standard InChI is InChI=1S/C14H8N2O2/c17-14-10-6-2-1-5-9(10)12-13(18-14)16-8-4-3-7-11(16)15-12/h1-8H. The molecule has 4 nitrogen and oxygen atoms in total. The third-order valence-electron chi connectivity index (χ3n) is 3.08. The van der Waals surface area contributed by atoms with E-state index in [1.165, 1.54) is 0 Å². The van der Waals surface area contributed by atoms with E-state index in [1.54, 1.807) is 10.5 Å². The van der Waals surface area contributed by atoms with E-state index in [1.807, 2.05) is 42.6 Å². The molecule has 0 amide bonds. The maximum atomic E-state index is 11.9. The Kier molecular flexibility index (Phi) is 1.67. The van der Waals surface area contributed by atoms with Crippen LogP contribution in [0.4, 0.5) is 0 Å². The van der Waals surface area contributed by atoms with Crippen molar-refractivity contribution in [2.45, 2.75) is 0 Å². The number of benzene rings is 1. The van der Waals surface area contributed by atoms with E-state index in [-0.39, 0.29) is 5.63 Å². The molecule has 18 heavy (non-hydrogen) atoms.